The quantitative estimate of drug-likeness (QED) is 0.562. The Morgan fingerprint density at radius 1 is 0.880 bits per heavy atom. The minimum Gasteiger partial charge on any atom is -0.431 e. The maximum absolute atomic E-state index is 12.5. The standard InChI is InChI=1S/C21H18N2O2/c22-18-13-7-12-17-19(18)21(25-20(17)24,14-15-8-3-1-4-9-15)23-16-10-5-2-6-11-16/h1-13,23H,14,22H2. The second-order valence-electron chi connectivity index (χ2n) is 6.14. The van der Waals surface area contributed by atoms with E-state index in [1.165, 1.54) is 0 Å². The van der Waals surface area contributed by atoms with E-state index in [-0.39, 0.29) is 5.97 Å². The summed E-state index contributed by atoms with van der Waals surface area (Å²) in [5, 5.41) is 3.41. The number of anilines is 2. The van der Waals surface area contributed by atoms with E-state index in [0.717, 1.165) is 11.3 Å². The zero-order valence-electron chi connectivity index (χ0n) is 13.6. The Kier molecular flexibility index (Phi) is 3.65. The molecule has 0 saturated heterocycles. The summed E-state index contributed by atoms with van der Waals surface area (Å²) in [6, 6.07) is 25.0. The van der Waals surface area contributed by atoms with Crippen LogP contribution in [0.2, 0.25) is 0 Å². The van der Waals surface area contributed by atoms with Crippen molar-refractivity contribution in [2.75, 3.05) is 11.1 Å². The maximum atomic E-state index is 12.5. The fourth-order valence-corrected chi connectivity index (χ4v) is 3.35. The number of nitrogens with one attached hydrogen (secondary N) is 1. The second-order valence-corrected chi connectivity index (χ2v) is 6.14. The Morgan fingerprint density at radius 2 is 1.56 bits per heavy atom. The van der Waals surface area contributed by atoms with Crippen molar-refractivity contribution >= 4 is 17.3 Å². The molecule has 0 radical (unpaired) electrons. The van der Waals surface area contributed by atoms with Gasteiger partial charge >= 0.3 is 5.97 Å². The van der Waals surface area contributed by atoms with Crippen LogP contribution < -0.4 is 11.1 Å². The Balaban J connectivity index is 1.85. The number of cyclic esters (lactones) is 1. The van der Waals surface area contributed by atoms with Crippen molar-refractivity contribution in [3.8, 4) is 0 Å². The van der Waals surface area contributed by atoms with Gasteiger partial charge in [0.05, 0.1) is 11.1 Å². The van der Waals surface area contributed by atoms with Crippen LogP contribution in [0.1, 0.15) is 21.5 Å². The molecule has 0 bridgehead atoms. The van der Waals surface area contributed by atoms with Crippen molar-refractivity contribution in [2.45, 2.75) is 12.1 Å². The third-order valence-corrected chi connectivity index (χ3v) is 4.40. The summed E-state index contributed by atoms with van der Waals surface area (Å²) >= 11 is 0. The Morgan fingerprint density at radius 3 is 2.28 bits per heavy atom. The highest BCUT2D eigenvalue weighted by Gasteiger charge is 2.47. The Bertz CT molecular complexity index is 866. The highest BCUT2D eigenvalue weighted by molar-refractivity contribution is 5.97. The maximum Gasteiger partial charge on any atom is 0.341 e. The van der Waals surface area contributed by atoms with E-state index in [9.17, 15) is 4.79 Å². The van der Waals surface area contributed by atoms with E-state index >= 15 is 0 Å². The number of nitrogens with two attached hydrogens (primary N) is 1. The summed E-state index contributed by atoms with van der Waals surface area (Å²) in [6.45, 7) is 0. The van der Waals surface area contributed by atoms with Crippen LogP contribution in [0.3, 0.4) is 0 Å². The summed E-state index contributed by atoms with van der Waals surface area (Å²) in [7, 11) is 0. The average molecular weight is 330 g/mol. The van der Waals surface area contributed by atoms with Crippen molar-refractivity contribution in [1.29, 1.82) is 0 Å². The third-order valence-electron chi connectivity index (χ3n) is 4.40. The number of benzene rings is 3. The molecule has 3 N–H and O–H groups in total. The topological polar surface area (TPSA) is 64.3 Å². The minimum absolute atomic E-state index is 0.360. The first-order chi connectivity index (χ1) is 12.2. The molecular formula is C21H18N2O2. The molecule has 0 fully saturated rings. The van der Waals surface area contributed by atoms with Gasteiger partial charge < -0.3 is 15.8 Å². The van der Waals surface area contributed by atoms with Gasteiger partial charge in [0.15, 0.2) is 0 Å². The van der Waals surface area contributed by atoms with Crippen molar-refractivity contribution in [1.82, 2.24) is 0 Å². The Labute approximate surface area is 146 Å². The van der Waals surface area contributed by atoms with E-state index < -0.39 is 5.72 Å². The molecule has 0 amide bonds. The van der Waals surface area contributed by atoms with Crippen molar-refractivity contribution in [3.63, 3.8) is 0 Å². The molecule has 0 saturated carbocycles. The van der Waals surface area contributed by atoms with Crippen LogP contribution in [-0.2, 0) is 16.9 Å². The van der Waals surface area contributed by atoms with E-state index in [4.69, 9.17) is 10.5 Å². The number of carbonyl (C=O) groups excluding carboxylic acids is 1. The molecule has 4 heteroatoms. The second kappa shape index (κ2) is 5.98. The van der Waals surface area contributed by atoms with Gasteiger partial charge in [0, 0.05) is 17.8 Å². The number of carbonyl (C=O) groups is 1. The smallest absolute Gasteiger partial charge is 0.341 e. The molecule has 3 aromatic carbocycles. The molecule has 4 nitrogen and oxygen atoms in total. The summed E-state index contributed by atoms with van der Waals surface area (Å²) in [5.74, 6) is -0.360. The van der Waals surface area contributed by atoms with Crippen LogP contribution in [0.4, 0.5) is 11.4 Å². The molecule has 1 unspecified atom stereocenters. The monoisotopic (exact) mass is 330 g/mol. The number of hydrogen-bond donors (Lipinski definition) is 2. The summed E-state index contributed by atoms with van der Waals surface area (Å²) in [5.41, 5.74) is 8.89. The largest absolute Gasteiger partial charge is 0.431 e. The van der Waals surface area contributed by atoms with E-state index in [0.29, 0.717) is 23.2 Å². The summed E-state index contributed by atoms with van der Waals surface area (Å²) < 4.78 is 5.88. The minimum atomic E-state index is -1.03. The number of rotatable bonds is 4. The molecular weight excluding hydrogens is 312 g/mol. The molecule has 4 rings (SSSR count). The molecule has 1 heterocycles. The molecule has 0 aliphatic carbocycles. The third kappa shape index (κ3) is 2.72. The molecule has 124 valence electrons. The van der Waals surface area contributed by atoms with Crippen LogP contribution in [0, 0.1) is 0 Å². The lowest BCUT2D eigenvalue weighted by atomic mass is 9.91. The zero-order chi connectivity index (χ0) is 17.3. The van der Waals surface area contributed by atoms with Gasteiger partial charge in [-0.2, -0.15) is 0 Å². The normalized spacial score (nSPS) is 18.5. The number of hydrogen-bond acceptors (Lipinski definition) is 4. The Hall–Kier alpha value is -3.27. The molecule has 25 heavy (non-hydrogen) atoms. The van der Waals surface area contributed by atoms with Crippen molar-refractivity contribution < 1.29 is 9.53 Å². The van der Waals surface area contributed by atoms with E-state index in [1.54, 1.807) is 18.2 Å². The molecule has 0 aromatic heterocycles. The fraction of sp³-hybridized carbons (Fsp3) is 0.0952. The molecule has 3 aromatic rings. The van der Waals surface area contributed by atoms with Gasteiger partial charge in [-0.3, -0.25) is 0 Å². The predicted molar refractivity (Wildman–Crippen MR) is 98.2 cm³/mol. The number of ether oxygens (including phenoxy) is 1. The first-order valence-corrected chi connectivity index (χ1v) is 8.17. The van der Waals surface area contributed by atoms with Gasteiger partial charge in [-0.15, -0.1) is 0 Å². The highest BCUT2D eigenvalue weighted by Crippen LogP contribution is 2.42. The first kappa shape index (κ1) is 15.3. The predicted octanol–water partition coefficient (Wildman–Crippen LogP) is 3.95. The van der Waals surface area contributed by atoms with Crippen LogP contribution in [0.15, 0.2) is 78.9 Å². The van der Waals surface area contributed by atoms with Gasteiger partial charge in [-0.1, -0.05) is 54.6 Å². The first-order valence-electron chi connectivity index (χ1n) is 8.17. The van der Waals surface area contributed by atoms with Gasteiger partial charge in [0.25, 0.3) is 0 Å². The van der Waals surface area contributed by atoms with Crippen molar-refractivity contribution in [3.05, 3.63) is 95.6 Å². The zero-order valence-corrected chi connectivity index (χ0v) is 13.6. The average Bonchev–Trinajstić information content (AvgIpc) is 2.90. The van der Waals surface area contributed by atoms with Crippen molar-refractivity contribution in [2.24, 2.45) is 0 Å². The number of fused-ring (bicyclic) bond motifs is 1. The number of nitrogen functional groups attached to an aromatic ring is 1. The van der Waals surface area contributed by atoms with Gasteiger partial charge in [-0.25, -0.2) is 4.79 Å². The van der Waals surface area contributed by atoms with Crippen LogP contribution >= 0.6 is 0 Å². The van der Waals surface area contributed by atoms with Crippen LogP contribution in [0.25, 0.3) is 0 Å². The fourth-order valence-electron chi connectivity index (χ4n) is 3.35. The van der Waals surface area contributed by atoms with Crippen LogP contribution in [-0.4, -0.2) is 5.97 Å². The number of esters is 1. The number of para-hydroxylation sites is 1. The molecule has 1 aliphatic rings. The lowest BCUT2D eigenvalue weighted by Crippen LogP contribution is -2.38. The molecule has 0 spiro atoms. The van der Waals surface area contributed by atoms with E-state index in [2.05, 4.69) is 5.32 Å². The summed E-state index contributed by atoms with van der Waals surface area (Å²) in [4.78, 5) is 12.5. The highest BCUT2D eigenvalue weighted by atomic mass is 16.6. The molecule has 1 aliphatic heterocycles. The van der Waals surface area contributed by atoms with E-state index in [1.807, 2.05) is 60.7 Å². The van der Waals surface area contributed by atoms with Gasteiger partial charge in [0.2, 0.25) is 5.72 Å². The van der Waals surface area contributed by atoms with Crippen LogP contribution in [0.5, 0.6) is 0 Å². The summed E-state index contributed by atoms with van der Waals surface area (Å²) in [6.07, 6.45) is 0.482. The van der Waals surface area contributed by atoms with Gasteiger partial charge in [-0.05, 0) is 29.8 Å². The lowest BCUT2D eigenvalue weighted by Gasteiger charge is -2.32. The van der Waals surface area contributed by atoms with Gasteiger partial charge in [0.1, 0.15) is 0 Å². The lowest BCUT2D eigenvalue weighted by molar-refractivity contribution is 0.00582. The molecule has 1 atom stereocenters. The SMILES string of the molecule is Nc1cccc2c1C(Cc1ccccc1)(Nc1ccccc1)OC2=O.